The number of hydrogen-bond acceptors (Lipinski definition) is 3. The normalized spacial score (nSPS) is 10.6. The molecule has 5 heteroatoms. The molecule has 0 aliphatic rings. The lowest BCUT2D eigenvalue weighted by molar-refractivity contribution is -0.116. The van der Waals surface area contributed by atoms with Gasteiger partial charge >= 0.3 is 0 Å². The van der Waals surface area contributed by atoms with Crippen LogP contribution in [0.25, 0.3) is 6.08 Å². The average molecular weight is 332 g/mol. The molecule has 0 radical (unpaired) electrons. The molecule has 0 bridgehead atoms. The van der Waals surface area contributed by atoms with Gasteiger partial charge in [-0.2, -0.15) is 0 Å². The highest BCUT2D eigenvalue weighted by Gasteiger charge is 2.09. The van der Waals surface area contributed by atoms with Crippen molar-refractivity contribution in [1.82, 2.24) is 5.32 Å². The molecule has 1 N–H and O–H groups in total. The Morgan fingerprint density at radius 2 is 1.87 bits per heavy atom. The molecule has 0 aromatic heterocycles. The minimum atomic E-state index is -0.190. The standard InChI is InChI=1S/C18H18ClNO3/c1-22-16-5-3-4-14(18(16)23-2)12-20-17(21)11-8-13-6-9-15(19)10-7-13/h3-11H,12H2,1-2H3,(H,20,21)/b11-8+. The smallest absolute Gasteiger partial charge is 0.244 e. The van der Waals surface area contributed by atoms with Gasteiger partial charge in [0.05, 0.1) is 14.2 Å². The van der Waals surface area contributed by atoms with Gasteiger partial charge in [0.15, 0.2) is 11.5 Å². The van der Waals surface area contributed by atoms with Crippen molar-refractivity contribution in [1.29, 1.82) is 0 Å². The van der Waals surface area contributed by atoms with Crippen molar-refractivity contribution in [3.63, 3.8) is 0 Å². The highest BCUT2D eigenvalue weighted by atomic mass is 35.5. The van der Waals surface area contributed by atoms with Crippen molar-refractivity contribution in [3.8, 4) is 11.5 Å². The predicted molar refractivity (Wildman–Crippen MR) is 91.9 cm³/mol. The van der Waals surface area contributed by atoms with E-state index in [-0.39, 0.29) is 5.91 Å². The number of carbonyl (C=O) groups excluding carboxylic acids is 1. The maximum absolute atomic E-state index is 11.9. The summed E-state index contributed by atoms with van der Waals surface area (Å²) >= 11 is 5.82. The summed E-state index contributed by atoms with van der Waals surface area (Å²) in [6.07, 6.45) is 3.21. The zero-order valence-corrected chi connectivity index (χ0v) is 13.8. The van der Waals surface area contributed by atoms with Crippen LogP contribution in [0.4, 0.5) is 0 Å². The van der Waals surface area contributed by atoms with Gasteiger partial charge in [-0.15, -0.1) is 0 Å². The summed E-state index contributed by atoms with van der Waals surface area (Å²) in [4.78, 5) is 11.9. The largest absolute Gasteiger partial charge is 0.493 e. The van der Waals surface area contributed by atoms with Crippen molar-refractivity contribution in [2.75, 3.05) is 14.2 Å². The Morgan fingerprint density at radius 1 is 1.13 bits per heavy atom. The molecule has 4 nitrogen and oxygen atoms in total. The monoisotopic (exact) mass is 331 g/mol. The first kappa shape index (κ1) is 16.9. The number of carbonyl (C=O) groups is 1. The summed E-state index contributed by atoms with van der Waals surface area (Å²) < 4.78 is 10.6. The number of ether oxygens (including phenoxy) is 2. The minimum absolute atomic E-state index is 0.190. The molecule has 0 aliphatic carbocycles. The summed E-state index contributed by atoms with van der Waals surface area (Å²) in [5.74, 6) is 1.07. The third-order valence-electron chi connectivity index (χ3n) is 3.23. The molecule has 1 amide bonds. The maximum atomic E-state index is 11.9. The summed E-state index contributed by atoms with van der Waals surface area (Å²) in [5, 5.41) is 3.48. The Bertz CT molecular complexity index is 696. The van der Waals surface area contributed by atoms with Gasteiger partial charge in [-0.05, 0) is 29.8 Å². The van der Waals surface area contributed by atoms with Crippen LogP contribution in [0.2, 0.25) is 5.02 Å². The van der Waals surface area contributed by atoms with Crippen LogP contribution >= 0.6 is 11.6 Å². The van der Waals surface area contributed by atoms with E-state index in [9.17, 15) is 4.79 Å². The Labute approximate surface area is 140 Å². The van der Waals surface area contributed by atoms with Crippen LogP contribution in [0.1, 0.15) is 11.1 Å². The highest BCUT2D eigenvalue weighted by molar-refractivity contribution is 6.30. The molecule has 0 saturated heterocycles. The Hall–Kier alpha value is -2.46. The molecule has 23 heavy (non-hydrogen) atoms. The van der Waals surface area contributed by atoms with Crippen LogP contribution in [-0.2, 0) is 11.3 Å². The second-order valence-electron chi connectivity index (χ2n) is 4.76. The number of para-hydroxylation sites is 1. The van der Waals surface area contributed by atoms with Crippen molar-refractivity contribution in [3.05, 3.63) is 64.7 Å². The van der Waals surface area contributed by atoms with E-state index in [1.807, 2.05) is 30.3 Å². The molecule has 0 aliphatic heterocycles. The number of methoxy groups -OCH3 is 2. The molecule has 0 fully saturated rings. The fourth-order valence-electron chi connectivity index (χ4n) is 2.08. The molecule has 2 rings (SSSR count). The van der Waals surface area contributed by atoms with Crippen molar-refractivity contribution >= 4 is 23.6 Å². The maximum Gasteiger partial charge on any atom is 0.244 e. The Balaban J connectivity index is 1.98. The van der Waals surface area contributed by atoms with Crippen LogP contribution in [0, 0.1) is 0 Å². The Morgan fingerprint density at radius 3 is 2.52 bits per heavy atom. The number of hydrogen-bond donors (Lipinski definition) is 1. The zero-order valence-electron chi connectivity index (χ0n) is 13.0. The molecular formula is C18H18ClNO3. The lowest BCUT2D eigenvalue weighted by Gasteiger charge is -2.12. The number of amides is 1. The first-order valence-corrected chi connectivity index (χ1v) is 7.43. The van der Waals surface area contributed by atoms with Crippen molar-refractivity contribution in [2.45, 2.75) is 6.54 Å². The highest BCUT2D eigenvalue weighted by Crippen LogP contribution is 2.30. The Kier molecular flexibility index (Phi) is 6.06. The first-order chi connectivity index (χ1) is 11.1. The number of nitrogens with one attached hydrogen (secondary N) is 1. The second-order valence-corrected chi connectivity index (χ2v) is 5.19. The molecule has 0 atom stereocenters. The third kappa shape index (κ3) is 4.76. The van der Waals surface area contributed by atoms with Crippen LogP contribution in [0.3, 0.4) is 0 Å². The van der Waals surface area contributed by atoms with E-state index < -0.39 is 0 Å². The third-order valence-corrected chi connectivity index (χ3v) is 3.49. The van der Waals surface area contributed by atoms with Crippen LogP contribution < -0.4 is 14.8 Å². The molecule has 0 heterocycles. The fourth-order valence-corrected chi connectivity index (χ4v) is 2.21. The molecule has 0 spiro atoms. The summed E-state index contributed by atoms with van der Waals surface area (Å²) in [6, 6.07) is 12.8. The summed E-state index contributed by atoms with van der Waals surface area (Å²) in [7, 11) is 3.15. The van der Waals surface area contributed by atoms with Gasteiger partial charge in [0.25, 0.3) is 0 Å². The van der Waals surface area contributed by atoms with Gasteiger partial charge < -0.3 is 14.8 Å². The number of halogens is 1. The molecule has 2 aromatic carbocycles. The van der Waals surface area contributed by atoms with Gasteiger partial charge in [-0.25, -0.2) is 0 Å². The predicted octanol–water partition coefficient (Wildman–Crippen LogP) is 3.69. The van der Waals surface area contributed by atoms with Crippen LogP contribution in [0.5, 0.6) is 11.5 Å². The summed E-state index contributed by atoms with van der Waals surface area (Å²) in [5.41, 5.74) is 1.75. The van der Waals surface area contributed by atoms with Crippen molar-refractivity contribution < 1.29 is 14.3 Å². The molecule has 0 unspecified atom stereocenters. The molecule has 2 aromatic rings. The first-order valence-electron chi connectivity index (χ1n) is 7.05. The molecule has 0 saturated carbocycles. The van der Waals surface area contributed by atoms with Gasteiger partial charge in [0, 0.05) is 23.2 Å². The lowest BCUT2D eigenvalue weighted by Crippen LogP contribution is -2.20. The van der Waals surface area contributed by atoms with E-state index in [0.717, 1.165) is 11.1 Å². The van der Waals surface area contributed by atoms with E-state index in [0.29, 0.717) is 23.1 Å². The molecule has 120 valence electrons. The SMILES string of the molecule is COc1cccc(CNC(=O)/C=C/c2ccc(Cl)cc2)c1OC. The minimum Gasteiger partial charge on any atom is -0.493 e. The van der Waals surface area contributed by atoms with Gasteiger partial charge in [-0.1, -0.05) is 35.9 Å². The van der Waals surface area contributed by atoms with E-state index in [2.05, 4.69) is 5.32 Å². The quantitative estimate of drug-likeness (QED) is 0.821. The zero-order chi connectivity index (χ0) is 16.7. The average Bonchev–Trinajstić information content (AvgIpc) is 2.58. The number of rotatable bonds is 6. The number of benzene rings is 2. The van der Waals surface area contributed by atoms with E-state index in [1.165, 1.54) is 6.08 Å². The van der Waals surface area contributed by atoms with E-state index in [4.69, 9.17) is 21.1 Å². The second kappa shape index (κ2) is 8.25. The van der Waals surface area contributed by atoms with Crippen molar-refractivity contribution in [2.24, 2.45) is 0 Å². The van der Waals surface area contributed by atoms with Gasteiger partial charge in [0.1, 0.15) is 0 Å². The fraction of sp³-hybridized carbons (Fsp3) is 0.167. The topological polar surface area (TPSA) is 47.6 Å². The molecular weight excluding hydrogens is 314 g/mol. The van der Waals surface area contributed by atoms with E-state index in [1.54, 1.807) is 32.4 Å². The van der Waals surface area contributed by atoms with Gasteiger partial charge in [-0.3, -0.25) is 4.79 Å². The van der Waals surface area contributed by atoms with Crippen LogP contribution in [-0.4, -0.2) is 20.1 Å². The van der Waals surface area contributed by atoms with E-state index >= 15 is 0 Å². The lowest BCUT2D eigenvalue weighted by atomic mass is 10.1. The van der Waals surface area contributed by atoms with Crippen LogP contribution in [0.15, 0.2) is 48.5 Å². The van der Waals surface area contributed by atoms with Gasteiger partial charge in [0.2, 0.25) is 5.91 Å². The summed E-state index contributed by atoms with van der Waals surface area (Å²) in [6.45, 7) is 0.351.